The van der Waals surface area contributed by atoms with Gasteiger partial charge in [0.15, 0.2) is 5.79 Å². The Kier molecular flexibility index (Phi) is 10.6. The lowest BCUT2D eigenvalue weighted by Crippen LogP contribution is -2.44. The van der Waals surface area contributed by atoms with E-state index in [1.165, 1.54) is 4.90 Å². The lowest BCUT2D eigenvalue weighted by Gasteiger charge is -2.37. The number of hydrogen-bond donors (Lipinski definition) is 1. The highest BCUT2D eigenvalue weighted by molar-refractivity contribution is 6.74. The predicted molar refractivity (Wildman–Crippen MR) is 176 cm³/mol. The van der Waals surface area contributed by atoms with Crippen molar-refractivity contribution < 1.29 is 38.1 Å². The largest absolute Gasteiger partial charge is 0.543 e. The number of cyclic esters (lactones) is 1. The van der Waals surface area contributed by atoms with Crippen molar-refractivity contribution in [1.29, 1.82) is 0 Å². The van der Waals surface area contributed by atoms with Gasteiger partial charge in [0.05, 0.1) is 11.8 Å². The van der Waals surface area contributed by atoms with Crippen molar-refractivity contribution in [3.8, 4) is 5.75 Å². The van der Waals surface area contributed by atoms with E-state index in [0.717, 1.165) is 0 Å². The second-order valence-electron chi connectivity index (χ2n) is 14.9. The third kappa shape index (κ3) is 8.74. The average molecular weight is 632 g/mol. The SMILES string of the molecule is C[C@@H]1/C=C\[C@@H](O)[C@@H]2OC(C)(C)O[C@H]2C/C=C/c2cc(N(C)C(=O)OC(C)(C)C)cc(O[Si](C)(C)C(C)(C)C)c2C(=O)O[C@H]1C. The van der Waals surface area contributed by atoms with E-state index in [9.17, 15) is 14.7 Å². The summed E-state index contributed by atoms with van der Waals surface area (Å²) in [6, 6.07) is 3.48. The van der Waals surface area contributed by atoms with Gasteiger partial charge in [0.1, 0.15) is 35.2 Å². The first-order valence-corrected chi connectivity index (χ1v) is 18.4. The van der Waals surface area contributed by atoms with Gasteiger partial charge < -0.3 is 28.5 Å². The summed E-state index contributed by atoms with van der Waals surface area (Å²) >= 11 is 0. The van der Waals surface area contributed by atoms with Crippen LogP contribution in [0.3, 0.4) is 0 Å². The van der Waals surface area contributed by atoms with Gasteiger partial charge in [-0.15, -0.1) is 0 Å². The monoisotopic (exact) mass is 631 g/mol. The smallest absolute Gasteiger partial charge is 0.414 e. The number of fused-ring (bicyclic) bond motifs is 2. The van der Waals surface area contributed by atoms with Crippen molar-refractivity contribution in [1.82, 2.24) is 0 Å². The number of ether oxygens (including phenoxy) is 4. The van der Waals surface area contributed by atoms with Crippen LogP contribution in [0.5, 0.6) is 5.75 Å². The summed E-state index contributed by atoms with van der Waals surface area (Å²) in [5, 5.41) is 10.8. The van der Waals surface area contributed by atoms with E-state index in [1.54, 1.807) is 25.3 Å². The first kappa shape index (κ1) is 35.8. The highest BCUT2D eigenvalue weighted by Crippen LogP contribution is 2.41. The van der Waals surface area contributed by atoms with E-state index in [1.807, 2.05) is 66.7 Å². The molecule has 44 heavy (non-hydrogen) atoms. The Labute approximate surface area is 264 Å². The molecule has 0 spiro atoms. The molecule has 0 aromatic heterocycles. The fourth-order valence-electron chi connectivity index (χ4n) is 4.66. The lowest BCUT2D eigenvalue weighted by atomic mass is 9.98. The van der Waals surface area contributed by atoms with Gasteiger partial charge in [0.25, 0.3) is 8.32 Å². The molecular formula is C34H53NO8Si. The van der Waals surface area contributed by atoms with Gasteiger partial charge in [0, 0.05) is 19.0 Å². The number of hydrogen-bond acceptors (Lipinski definition) is 8. The van der Waals surface area contributed by atoms with Crippen molar-refractivity contribution in [2.24, 2.45) is 5.92 Å². The minimum absolute atomic E-state index is 0.163. The zero-order valence-corrected chi connectivity index (χ0v) is 29.8. The molecule has 1 fully saturated rings. The minimum atomic E-state index is -2.46. The maximum Gasteiger partial charge on any atom is 0.414 e. The summed E-state index contributed by atoms with van der Waals surface area (Å²) in [7, 11) is -0.826. The molecule has 0 radical (unpaired) electrons. The van der Waals surface area contributed by atoms with Crippen LogP contribution in [0.2, 0.25) is 18.1 Å². The number of carbonyl (C=O) groups is 2. The summed E-state index contributed by atoms with van der Waals surface area (Å²) in [6.45, 7) is 23.4. The normalized spacial score (nSPS) is 27.7. The van der Waals surface area contributed by atoms with Gasteiger partial charge in [0.2, 0.25) is 0 Å². The average Bonchev–Trinajstić information content (AvgIpc) is 3.17. The molecule has 1 amide bonds. The Balaban J connectivity index is 2.22. The first-order valence-electron chi connectivity index (χ1n) is 15.4. The number of aliphatic hydroxyl groups is 1. The van der Waals surface area contributed by atoms with Crippen molar-refractivity contribution in [3.05, 3.63) is 41.5 Å². The Morgan fingerprint density at radius 3 is 2.30 bits per heavy atom. The number of nitrogens with zero attached hydrogens (tertiary/aromatic N) is 1. The van der Waals surface area contributed by atoms with E-state index in [4.69, 9.17) is 23.4 Å². The maximum atomic E-state index is 14.0. The first-order chi connectivity index (χ1) is 20.0. The molecule has 1 saturated heterocycles. The lowest BCUT2D eigenvalue weighted by molar-refractivity contribution is -0.152. The van der Waals surface area contributed by atoms with Crippen molar-refractivity contribution >= 4 is 32.1 Å². The van der Waals surface area contributed by atoms with Gasteiger partial charge >= 0.3 is 12.1 Å². The number of esters is 1. The summed E-state index contributed by atoms with van der Waals surface area (Å²) in [5.41, 5.74) is 0.625. The fraction of sp³-hybridized carbons (Fsp3) is 0.647. The van der Waals surface area contributed by atoms with Crippen LogP contribution < -0.4 is 9.33 Å². The fourth-order valence-corrected chi connectivity index (χ4v) is 5.68. The molecule has 0 saturated carbocycles. The second kappa shape index (κ2) is 13.0. The van der Waals surface area contributed by atoms with Crippen LogP contribution >= 0.6 is 0 Å². The van der Waals surface area contributed by atoms with Crippen LogP contribution in [-0.2, 0) is 18.9 Å². The molecule has 1 aromatic rings. The molecule has 9 nitrogen and oxygen atoms in total. The van der Waals surface area contributed by atoms with Crippen molar-refractivity contribution in [2.75, 3.05) is 11.9 Å². The molecule has 1 aromatic carbocycles. The van der Waals surface area contributed by atoms with E-state index in [-0.39, 0.29) is 16.5 Å². The number of anilines is 1. The molecule has 0 unspecified atom stereocenters. The van der Waals surface area contributed by atoms with Gasteiger partial charge in [-0.25, -0.2) is 9.59 Å². The van der Waals surface area contributed by atoms with Gasteiger partial charge in [-0.05, 0) is 77.7 Å². The zero-order valence-electron chi connectivity index (χ0n) is 28.8. The third-order valence-electron chi connectivity index (χ3n) is 8.42. The Bertz CT molecular complexity index is 1270. The number of amides is 1. The highest BCUT2D eigenvalue weighted by Gasteiger charge is 2.44. The van der Waals surface area contributed by atoms with E-state index < -0.39 is 56.2 Å². The van der Waals surface area contributed by atoms with Gasteiger partial charge in [-0.3, -0.25) is 4.90 Å². The quantitative estimate of drug-likeness (QED) is 0.208. The molecule has 0 bridgehead atoms. The maximum absolute atomic E-state index is 14.0. The molecule has 2 heterocycles. The number of rotatable bonds is 3. The molecule has 2 aliphatic heterocycles. The summed E-state index contributed by atoms with van der Waals surface area (Å²) < 4.78 is 30.7. The van der Waals surface area contributed by atoms with Crippen LogP contribution in [0.15, 0.2) is 30.4 Å². The molecule has 5 atom stereocenters. The summed E-state index contributed by atoms with van der Waals surface area (Å²) in [5.74, 6) is -1.25. The standard InChI is InChI=1S/C34H53NO8Si/c1-21-17-18-25(36)29-26(40-34(9,10)41-29)16-14-15-23-19-24(35(11)31(38)42-32(3,4)5)20-27(28(23)30(37)39-22(21)2)43-44(12,13)33(6,7)8/h14-15,17-22,25-26,29,36H,16H2,1-13H3/b15-14+,18-17-/t21-,22+,25-,26+,29+/m1/s1. The third-order valence-corrected chi connectivity index (χ3v) is 12.8. The minimum Gasteiger partial charge on any atom is -0.543 e. The number of benzene rings is 1. The molecular weight excluding hydrogens is 578 g/mol. The van der Waals surface area contributed by atoms with Crippen LogP contribution in [0.4, 0.5) is 10.5 Å². The zero-order chi connectivity index (χ0) is 33.4. The topological polar surface area (TPSA) is 104 Å². The second-order valence-corrected chi connectivity index (χ2v) is 19.7. The molecule has 0 aliphatic carbocycles. The highest BCUT2D eigenvalue weighted by atomic mass is 28.4. The molecule has 246 valence electrons. The molecule has 1 N–H and O–H groups in total. The van der Waals surface area contributed by atoms with Crippen molar-refractivity contribution in [2.45, 2.75) is 130 Å². The Hall–Kier alpha value is -2.66. The van der Waals surface area contributed by atoms with E-state index in [0.29, 0.717) is 23.4 Å². The molecule has 10 heteroatoms. The Morgan fingerprint density at radius 2 is 1.70 bits per heavy atom. The van der Waals surface area contributed by atoms with Crippen LogP contribution in [-0.4, -0.2) is 68.3 Å². The van der Waals surface area contributed by atoms with Gasteiger partial charge in [-0.2, -0.15) is 0 Å². The molecule has 2 aliphatic rings. The summed E-state index contributed by atoms with van der Waals surface area (Å²) in [6.07, 6.45) is 4.66. The Morgan fingerprint density at radius 1 is 1.07 bits per heavy atom. The van der Waals surface area contributed by atoms with Gasteiger partial charge in [-0.1, -0.05) is 52.0 Å². The predicted octanol–water partition coefficient (Wildman–Crippen LogP) is 7.48. The number of carbonyl (C=O) groups excluding carboxylic acids is 2. The van der Waals surface area contributed by atoms with E-state index >= 15 is 0 Å². The van der Waals surface area contributed by atoms with Crippen LogP contribution in [0.1, 0.15) is 91.6 Å². The van der Waals surface area contributed by atoms with Crippen molar-refractivity contribution in [3.63, 3.8) is 0 Å². The van der Waals surface area contributed by atoms with Crippen LogP contribution in [0, 0.1) is 5.92 Å². The molecule has 3 rings (SSSR count). The summed E-state index contributed by atoms with van der Waals surface area (Å²) in [4.78, 5) is 28.5. The van der Waals surface area contributed by atoms with E-state index in [2.05, 4.69) is 33.9 Å². The number of aliphatic hydroxyl groups excluding tert-OH is 1. The van der Waals surface area contributed by atoms with Crippen LogP contribution in [0.25, 0.3) is 6.08 Å².